The maximum atomic E-state index is 12.8. The van der Waals surface area contributed by atoms with Gasteiger partial charge in [0.25, 0.3) is 5.56 Å². The van der Waals surface area contributed by atoms with Crippen LogP contribution < -0.4 is 11.2 Å². The lowest BCUT2D eigenvalue weighted by molar-refractivity contribution is -0.147. The molecule has 3 rings (SSSR count). The van der Waals surface area contributed by atoms with E-state index in [0.717, 1.165) is 23.8 Å². The number of amides is 1. The third-order valence-electron chi connectivity index (χ3n) is 5.17. The summed E-state index contributed by atoms with van der Waals surface area (Å²) >= 11 is 0. The Morgan fingerprint density at radius 3 is 2.76 bits per heavy atom. The molecule has 0 unspecified atom stereocenters. The first-order valence-electron chi connectivity index (χ1n) is 9.20. The maximum Gasteiger partial charge on any atom is 0.328 e. The number of unbranched alkanes of at least 4 members (excludes halogenated alkanes) is 1. The number of hydrogen-bond donors (Lipinski definition) is 1. The number of carbonyl (C=O) groups excluding carboxylic acids is 1. The van der Waals surface area contributed by atoms with E-state index in [1.807, 2.05) is 4.90 Å². The van der Waals surface area contributed by atoms with Crippen molar-refractivity contribution in [1.82, 2.24) is 14.5 Å². The van der Waals surface area contributed by atoms with Crippen molar-refractivity contribution in [3.8, 4) is 0 Å². The van der Waals surface area contributed by atoms with Gasteiger partial charge >= 0.3 is 5.69 Å². The lowest BCUT2D eigenvalue weighted by Gasteiger charge is -2.38. The zero-order valence-electron chi connectivity index (χ0n) is 15.0. The highest BCUT2D eigenvalue weighted by Gasteiger charge is 2.39. The van der Waals surface area contributed by atoms with Gasteiger partial charge in [0.15, 0.2) is 0 Å². The molecule has 0 aromatic carbocycles. The fraction of sp³-hybridized carbons (Fsp3) is 0.722. The number of ether oxygens (including phenoxy) is 1. The number of aromatic nitrogens is 2. The zero-order chi connectivity index (χ0) is 18.0. The number of rotatable bonds is 6. The maximum absolute atomic E-state index is 12.8. The summed E-state index contributed by atoms with van der Waals surface area (Å²) in [5.74, 6) is 0.500. The van der Waals surface area contributed by atoms with Crippen molar-refractivity contribution in [3.05, 3.63) is 32.6 Å². The Hall–Kier alpha value is -1.89. The molecule has 2 heterocycles. The van der Waals surface area contributed by atoms with Gasteiger partial charge in [-0.05, 0) is 25.2 Å². The minimum absolute atomic E-state index is 0.0152. The lowest BCUT2D eigenvalue weighted by Crippen LogP contribution is -2.51. The van der Waals surface area contributed by atoms with Crippen LogP contribution in [0, 0.1) is 5.92 Å². The summed E-state index contributed by atoms with van der Waals surface area (Å²) in [6.45, 7) is 3.34. The molecule has 7 nitrogen and oxygen atoms in total. The first kappa shape index (κ1) is 17.9. The highest BCUT2D eigenvalue weighted by molar-refractivity contribution is 5.78. The monoisotopic (exact) mass is 349 g/mol. The summed E-state index contributed by atoms with van der Waals surface area (Å²) < 4.78 is 7.19. The summed E-state index contributed by atoms with van der Waals surface area (Å²) in [5, 5.41) is 0. The molecule has 7 heteroatoms. The second-order valence-electron chi connectivity index (χ2n) is 7.23. The smallest absolute Gasteiger partial charge is 0.328 e. The predicted octanol–water partition coefficient (Wildman–Crippen LogP) is 0.812. The normalized spacial score (nSPS) is 23.7. The van der Waals surface area contributed by atoms with Crippen LogP contribution in [0.3, 0.4) is 0 Å². The van der Waals surface area contributed by atoms with Gasteiger partial charge in [0.05, 0.1) is 18.6 Å². The number of morpholine rings is 1. The molecule has 1 aliphatic heterocycles. The number of nitrogens with zero attached hydrogens (tertiary/aromatic N) is 2. The third-order valence-corrected chi connectivity index (χ3v) is 5.17. The van der Waals surface area contributed by atoms with Crippen LogP contribution in [0.25, 0.3) is 0 Å². The average Bonchev–Trinajstić information content (AvgIpc) is 3.45. The molecule has 1 saturated carbocycles. The first-order valence-corrected chi connectivity index (χ1v) is 9.20. The molecule has 0 radical (unpaired) electrons. The topological polar surface area (TPSA) is 84.4 Å². The highest BCUT2D eigenvalue weighted by Crippen LogP contribution is 2.37. The molecule has 1 aliphatic carbocycles. The number of aromatic amines is 1. The van der Waals surface area contributed by atoms with Crippen molar-refractivity contribution in [2.75, 3.05) is 13.1 Å². The molecular formula is C18H27N3O4. The van der Waals surface area contributed by atoms with Crippen molar-refractivity contribution < 1.29 is 9.53 Å². The Balaban J connectivity index is 1.70. The quantitative estimate of drug-likeness (QED) is 0.824. The van der Waals surface area contributed by atoms with Gasteiger partial charge in [-0.25, -0.2) is 4.79 Å². The summed E-state index contributed by atoms with van der Waals surface area (Å²) in [6, 6.07) is 0. The molecular weight excluding hydrogens is 322 g/mol. The summed E-state index contributed by atoms with van der Waals surface area (Å²) in [6.07, 6.45) is 7.09. The molecule has 2 atom stereocenters. The molecule has 1 N–H and O–H groups in total. The van der Waals surface area contributed by atoms with Crippen LogP contribution in [0.1, 0.15) is 44.6 Å². The summed E-state index contributed by atoms with van der Waals surface area (Å²) in [7, 11) is 1.41. The molecule has 1 aromatic rings. The molecule has 2 fully saturated rings. The Kier molecular flexibility index (Phi) is 5.42. The van der Waals surface area contributed by atoms with Crippen LogP contribution in [0.15, 0.2) is 15.8 Å². The Morgan fingerprint density at radius 1 is 1.32 bits per heavy atom. The standard InChI is InChI=1S/C18H27N3O4/c1-3-4-5-14-10-21(11-15(25-14)12-6-7-12)16(22)8-13-9-19-18(24)20(2)17(13)23/h9,12,14-15H,3-8,10-11H2,1-2H3,(H,19,24)/t14-,15-/m1/s1. The Labute approximate surface area is 147 Å². The van der Waals surface area contributed by atoms with Crippen LogP contribution in [-0.4, -0.2) is 45.7 Å². The molecule has 25 heavy (non-hydrogen) atoms. The van der Waals surface area contributed by atoms with Gasteiger partial charge in [-0.1, -0.05) is 19.8 Å². The predicted molar refractivity (Wildman–Crippen MR) is 93.5 cm³/mol. The molecule has 0 bridgehead atoms. The van der Waals surface area contributed by atoms with Crippen molar-refractivity contribution in [3.63, 3.8) is 0 Å². The number of hydrogen-bond acceptors (Lipinski definition) is 4. The van der Waals surface area contributed by atoms with Crippen LogP contribution in [0.2, 0.25) is 0 Å². The lowest BCUT2D eigenvalue weighted by atomic mass is 10.1. The van der Waals surface area contributed by atoms with Gasteiger partial charge in [0.2, 0.25) is 5.91 Å². The van der Waals surface area contributed by atoms with E-state index in [1.54, 1.807) is 0 Å². The van der Waals surface area contributed by atoms with Gasteiger partial charge in [-0.15, -0.1) is 0 Å². The van der Waals surface area contributed by atoms with Gasteiger partial charge in [-0.2, -0.15) is 0 Å². The minimum Gasteiger partial charge on any atom is -0.371 e. The molecule has 0 spiro atoms. The van der Waals surface area contributed by atoms with E-state index in [2.05, 4.69) is 11.9 Å². The Bertz CT molecular complexity index is 735. The van der Waals surface area contributed by atoms with Crippen LogP contribution >= 0.6 is 0 Å². The zero-order valence-corrected chi connectivity index (χ0v) is 15.0. The van der Waals surface area contributed by atoms with E-state index >= 15 is 0 Å². The van der Waals surface area contributed by atoms with Crippen LogP contribution in [0.5, 0.6) is 0 Å². The highest BCUT2D eigenvalue weighted by atomic mass is 16.5. The summed E-state index contributed by atoms with van der Waals surface area (Å²) in [4.78, 5) is 40.7. The molecule has 2 aliphatic rings. The van der Waals surface area contributed by atoms with E-state index in [9.17, 15) is 14.4 Å². The first-order chi connectivity index (χ1) is 12.0. The molecule has 1 saturated heterocycles. The number of H-pyrrole nitrogens is 1. The van der Waals surface area contributed by atoms with E-state index in [4.69, 9.17) is 4.74 Å². The molecule has 138 valence electrons. The molecule has 1 amide bonds. The van der Waals surface area contributed by atoms with E-state index in [1.165, 1.54) is 26.1 Å². The van der Waals surface area contributed by atoms with Gasteiger partial charge in [0, 0.05) is 31.9 Å². The minimum atomic E-state index is -0.471. The second kappa shape index (κ2) is 7.56. The van der Waals surface area contributed by atoms with Crippen LogP contribution in [0.4, 0.5) is 0 Å². The van der Waals surface area contributed by atoms with Gasteiger partial charge < -0.3 is 14.6 Å². The molecule has 1 aromatic heterocycles. The SMILES string of the molecule is CCCC[C@@H]1CN(C(=O)Cc2c[nH]c(=O)n(C)c2=O)C[C@H](C2CC2)O1. The van der Waals surface area contributed by atoms with E-state index in [0.29, 0.717) is 24.6 Å². The van der Waals surface area contributed by atoms with E-state index < -0.39 is 11.2 Å². The van der Waals surface area contributed by atoms with Gasteiger partial charge in [0.1, 0.15) is 0 Å². The third kappa shape index (κ3) is 4.21. The van der Waals surface area contributed by atoms with Crippen molar-refractivity contribution in [2.45, 2.75) is 57.7 Å². The fourth-order valence-corrected chi connectivity index (χ4v) is 3.41. The van der Waals surface area contributed by atoms with Crippen LogP contribution in [-0.2, 0) is 23.0 Å². The number of carbonyl (C=O) groups is 1. The average molecular weight is 349 g/mol. The van der Waals surface area contributed by atoms with Crippen molar-refractivity contribution in [1.29, 1.82) is 0 Å². The van der Waals surface area contributed by atoms with Gasteiger partial charge in [-0.3, -0.25) is 14.2 Å². The number of nitrogens with one attached hydrogen (secondary N) is 1. The fourth-order valence-electron chi connectivity index (χ4n) is 3.41. The summed E-state index contributed by atoms with van der Waals surface area (Å²) in [5.41, 5.74) is -0.556. The van der Waals surface area contributed by atoms with E-state index in [-0.39, 0.29) is 24.5 Å². The van der Waals surface area contributed by atoms with Crippen molar-refractivity contribution >= 4 is 5.91 Å². The Morgan fingerprint density at radius 2 is 2.08 bits per heavy atom. The van der Waals surface area contributed by atoms with Crippen molar-refractivity contribution in [2.24, 2.45) is 13.0 Å². The largest absolute Gasteiger partial charge is 0.371 e. The second-order valence-corrected chi connectivity index (χ2v) is 7.23.